The molecule has 0 bridgehead atoms. The number of aliphatic hydroxyl groups excluding tert-OH is 1. The Morgan fingerprint density at radius 2 is 2.17 bits per heavy atom. The van der Waals surface area contributed by atoms with Gasteiger partial charge in [-0.1, -0.05) is 12.8 Å². The Bertz CT molecular complexity index is 568. The lowest BCUT2D eigenvalue weighted by Gasteiger charge is -2.25. The summed E-state index contributed by atoms with van der Waals surface area (Å²) in [6.07, 6.45) is 7.82. The molecule has 132 valence electrons. The summed E-state index contributed by atoms with van der Waals surface area (Å²) in [4.78, 5) is 11.8. The molecule has 1 aromatic rings. The highest BCUT2D eigenvalue weighted by Crippen LogP contribution is 2.46. The molecule has 3 aliphatic rings. The summed E-state index contributed by atoms with van der Waals surface area (Å²) in [5.74, 6) is 2.04. The molecule has 4 rings (SSSR count). The largest absolute Gasteiger partial charge is 0.395 e. The number of aromatic nitrogens is 2. The fourth-order valence-electron chi connectivity index (χ4n) is 4.50. The molecule has 0 aromatic carbocycles. The lowest BCUT2D eigenvalue weighted by Crippen LogP contribution is -2.26. The van der Waals surface area contributed by atoms with Crippen molar-refractivity contribution in [3.8, 4) is 0 Å². The zero-order valence-corrected chi connectivity index (χ0v) is 14.3. The van der Waals surface area contributed by atoms with E-state index >= 15 is 0 Å². The predicted molar refractivity (Wildman–Crippen MR) is 93.5 cm³/mol. The molecular weight excluding hydrogens is 304 g/mol. The summed E-state index contributed by atoms with van der Waals surface area (Å²) in [5, 5.41) is 12.2. The number of rotatable bonds is 5. The van der Waals surface area contributed by atoms with Gasteiger partial charge in [0.2, 0.25) is 5.95 Å². The van der Waals surface area contributed by atoms with Crippen LogP contribution in [0.1, 0.15) is 50.1 Å². The van der Waals surface area contributed by atoms with E-state index in [1.54, 1.807) is 0 Å². The van der Waals surface area contributed by atoms with Crippen LogP contribution in [0.3, 0.4) is 0 Å². The lowest BCUT2D eigenvalue weighted by atomic mass is 9.86. The third-order valence-electron chi connectivity index (χ3n) is 5.90. The van der Waals surface area contributed by atoms with Crippen LogP contribution in [0.2, 0.25) is 0 Å². The molecule has 1 aromatic heterocycles. The first-order chi connectivity index (χ1) is 11.8. The first-order valence-corrected chi connectivity index (χ1v) is 9.34. The molecule has 2 saturated heterocycles. The van der Waals surface area contributed by atoms with Gasteiger partial charge in [-0.05, 0) is 31.1 Å². The Labute approximate surface area is 143 Å². The lowest BCUT2D eigenvalue weighted by molar-refractivity contribution is 0.193. The second-order valence-corrected chi connectivity index (χ2v) is 7.56. The molecule has 1 unspecified atom stereocenters. The van der Waals surface area contributed by atoms with Gasteiger partial charge in [-0.15, -0.1) is 0 Å². The maximum atomic E-state index is 9.08. The standard InChI is InChI=1S/C18H28N4O2/c23-9-7-19-17-20-15(14-3-10-24-12-14)11-16(21-17)22-8-6-18(13-22)4-1-2-5-18/h11,14,23H,1-10,12-13H2,(H,19,20,21). The van der Waals surface area contributed by atoms with Crippen LogP contribution in [-0.2, 0) is 4.74 Å². The van der Waals surface area contributed by atoms with Crippen molar-refractivity contribution in [3.63, 3.8) is 0 Å². The van der Waals surface area contributed by atoms with Gasteiger partial charge < -0.3 is 20.1 Å². The molecule has 1 atom stereocenters. The molecule has 6 heteroatoms. The van der Waals surface area contributed by atoms with Crippen molar-refractivity contribution in [1.82, 2.24) is 9.97 Å². The van der Waals surface area contributed by atoms with Gasteiger partial charge in [0.05, 0.1) is 18.9 Å². The van der Waals surface area contributed by atoms with Gasteiger partial charge in [-0.2, -0.15) is 4.98 Å². The van der Waals surface area contributed by atoms with Crippen molar-refractivity contribution in [3.05, 3.63) is 11.8 Å². The number of hydrogen-bond donors (Lipinski definition) is 2. The van der Waals surface area contributed by atoms with E-state index in [-0.39, 0.29) is 6.61 Å². The third kappa shape index (κ3) is 3.22. The maximum absolute atomic E-state index is 9.08. The fraction of sp³-hybridized carbons (Fsp3) is 0.778. The molecule has 2 N–H and O–H groups in total. The summed E-state index contributed by atoms with van der Waals surface area (Å²) >= 11 is 0. The van der Waals surface area contributed by atoms with Crippen LogP contribution in [0.15, 0.2) is 6.07 Å². The Balaban J connectivity index is 1.57. The average Bonchev–Trinajstić information content (AvgIpc) is 3.36. The van der Waals surface area contributed by atoms with Gasteiger partial charge >= 0.3 is 0 Å². The normalized spacial score (nSPS) is 25.7. The topological polar surface area (TPSA) is 70.5 Å². The minimum absolute atomic E-state index is 0.0856. The van der Waals surface area contributed by atoms with Gasteiger partial charge in [0.15, 0.2) is 0 Å². The van der Waals surface area contributed by atoms with Crippen molar-refractivity contribution in [2.24, 2.45) is 5.41 Å². The molecule has 1 spiro atoms. The zero-order valence-electron chi connectivity index (χ0n) is 14.3. The highest BCUT2D eigenvalue weighted by molar-refractivity contribution is 5.47. The maximum Gasteiger partial charge on any atom is 0.224 e. The molecular formula is C18H28N4O2. The van der Waals surface area contributed by atoms with E-state index in [0.29, 0.717) is 23.8 Å². The Morgan fingerprint density at radius 1 is 1.29 bits per heavy atom. The van der Waals surface area contributed by atoms with Gasteiger partial charge in [-0.25, -0.2) is 4.98 Å². The summed E-state index contributed by atoms with van der Waals surface area (Å²) in [6, 6.07) is 2.16. The van der Waals surface area contributed by atoms with Gasteiger partial charge in [-0.3, -0.25) is 0 Å². The smallest absolute Gasteiger partial charge is 0.224 e. The van der Waals surface area contributed by atoms with Crippen molar-refractivity contribution < 1.29 is 9.84 Å². The monoisotopic (exact) mass is 332 g/mol. The molecule has 24 heavy (non-hydrogen) atoms. The van der Waals surface area contributed by atoms with Crippen molar-refractivity contribution in [2.45, 2.75) is 44.4 Å². The zero-order chi connectivity index (χ0) is 16.4. The summed E-state index contributed by atoms with van der Waals surface area (Å²) in [6.45, 7) is 4.35. The number of hydrogen-bond acceptors (Lipinski definition) is 6. The minimum Gasteiger partial charge on any atom is -0.395 e. The first kappa shape index (κ1) is 16.1. The number of nitrogens with one attached hydrogen (secondary N) is 1. The quantitative estimate of drug-likeness (QED) is 0.861. The van der Waals surface area contributed by atoms with Crippen LogP contribution >= 0.6 is 0 Å². The van der Waals surface area contributed by atoms with E-state index in [2.05, 4.69) is 21.3 Å². The Morgan fingerprint density at radius 3 is 2.92 bits per heavy atom. The average molecular weight is 332 g/mol. The molecule has 1 saturated carbocycles. The van der Waals surface area contributed by atoms with E-state index in [0.717, 1.165) is 44.2 Å². The van der Waals surface area contributed by atoms with Gasteiger partial charge in [0, 0.05) is 38.2 Å². The molecule has 3 heterocycles. The van der Waals surface area contributed by atoms with E-state index in [1.165, 1.54) is 32.1 Å². The number of nitrogens with zero attached hydrogens (tertiary/aromatic N) is 3. The Kier molecular flexibility index (Phi) is 4.59. The molecule has 3 fully saturated rings. The second-order valence-electron chi connectivity index (χ2n) is 7.56. The van der Waals surface area contributed by atoms with Crippen LogP contribution < -0.4 is 10.2 Å². The molecule has 2 aliphatic heterocycles. The number of aliphatic hydroxyl groups is 1. The molecule has 0 amide bonds. The van der Waals surface area contributed by atoms with E-state index in [4.69, 9.17) is 14.8 Å². The van der Waals surface area contributed by atoms with Gasteiger partial charge in [0.25, 0.3) is 0 Å². The first-order valence-electron chi connectivity index (χ1n) is 9.34. The van der Waals surface area contributed by atoms with Crippen molar-refractivity contribution in [2.75, 3.05) is 49.7 Å². The predicted octanol–water partition coefficient (Wildman–Crippen LogP) is 2.16. The third-order valence-corrected chi connectivity index (χ3v) is 5.90. The number of anilines is 2. The highest BCUT2D eigenvalue weighted by Gasteiger charge is 2.40. The van der Waals surface area contributed by atoms with Crippen molar-refractivity contribution in [1.29, 1.82) is 0 Å². The van der Waals surface area contributed by atoms with Crippen LogP contribution in [0.4, 0.5) is 11.8 Å². The van der Waals surface area contributed by atoms with Crippen molar-refractivity contribution >= 4 is 11.8 Å². The molecule has 1 aliphatic carbocycles. The van der Waals surface area contributed by atoms with E-state index in [9.17, 15) is 0 Å². The van der Waals surface area contributed by atoms with E-state index < -0.39 is 0 Å². The van der Waals surface area contributed by atoms with Crippen LogP contribution in [-0.4, -0.2) is 54.5 Å². The summed E-state index contributed by atoms with van der Waals surface area (Å²) in [7, 11) is 0. The summed E-state index contributed by atoms with van der Waals surface area (Å²) in [5.41, 5.74) is 1.60. The van der Waals surface area contributed by atoms with Gasteiger partial charge in [0.1, 0.15) is 5.82 Å². The minimum atomic E-state index is 0.0856. The second kappa shape index (κ2) is 6.84. The van der Waals surface area contributed by atoms with Crippen LogP contribution in [0, 0.1) is 5.41 Å². The van der Waals surface area contributed by atoms with Crippen LogP contribution in [0.25, 0.3) is 0 Å². The number of ether oxygens (including phenoxy) is 1. The van der Waals surface area contributed by atoms with E-state index in [1.807, 2.05) is 0 Å². The Hall–Kier alpha value is -1.40. The SMILES string of the molecule is OCCNc1nc(C2CCOC2)cc(N2CCC3(CCCC3)C2)n1. The highest BCUT2D eigenvalue weighted by atomic mass is 16.5. The fourth-order valence-corrected chi connectivity index (χ4v) is 4.50. The molecule has 0 radical (unpaired) electrons. The molecule has 6 nitrogen and oxygen atoms in total. The summed E-state index contributed by atoms with van der Waals surface area (Å²) < 4.78 is 5.54. The van der Waals surface area contributed by atoms with Crippen LogP contribution in [0.5, 0.6) is 0 Å².